The van der Waals surface area contributed by atoms with E-state index >= 15 is 0 Å². The van der Waals surface area contributed by atoms with Crippen molar-refractivity contribution < 1.29 is 36.6 Å². The van der Waals surface area contributed by atoms with Crippen LogP contribution in [0.4, 0.5) is 17.6 Å². The molecule has 4 nitrogen and oxygen atoms in total. The third-order valence-electron chi connectivity index (χ3n) is 2.47. The average molecular weight is 308 g/mol. The zero-order chi connectivity index (χ0) is 16.0. The highest BCUT2D eigenvalue weighted by molar-refractivity contribution is 5.99. The van der Waals surface area contributed by atoms with E-state index in [0.717, 1.165) is 19.2 Å². The fourth-order valence-electron chi connectivity index (χ4n) is 1.43. The predicted octanol–water partition coefficient (Wildman–Crippen LogP) is 3.06. The average Bonchev–Trinajstić information content (AvgIpc) is 2.44. The van der Waals surface area contributed by atoms with Crippen molar-refractivity contribution >= 4 is 11.8 Å². The third kappa shape index (κ3) is 4.73. The van der Waals surface area contributed by atoms with Gasteiger partial charge in [0, 0.05) is 6.42 Å². The van der Waals surface area contributed by atoms with E-state index < -0.39 is 30.0 Å². The molecule has 0 aliphatic rings. The summed E-state index contributed by atoms with van der Waals surface area (Å²) >= 11 is 0. The van der Waals surface area contributed by atoms with Crippen molar-refractivity contribution in [3.05, 3.63) is 29.8 Å². The van der Waals surface area contributed by atoms with Crippen LogP contribution in [0.15, 0.2) is 24.3 Å². The minimum Gasteiger partial charge on any atom is -0.469 e. The van der Waals surface area contributed by atoms with Crippen molar-refractivity contribution in [2.24, 2.45) is 0 Å². The molecule has 1 rings (SSSR count). The molecule has 0 aliphatic heterocycles. The summed E-state index contributed by atoms with van der Waals surface area (Å²) in [6.45, 7) is 0. The Labute approximate surface area is 117 Å². The van der Waals surface area contributed by atoms with Gasteiger partial charge < -0.3 is 9.47 Å². The second-order valence-electron chi connectivity index (χ2n) is 3.96. The fourth-order valence-corrected chi connectivity index (χ4v) is 1.43. The quantitative estimate of drug-likeness (QED) is 0.441. The highest BCUT2D eigenvalue weighted by Crippen LogP contribution is 2.30. The van der Waals surface area contributed by atoms with Gasteiger partial charge in [-0.15, -0.1) is 0 Å². The SMILES string of the molecule is COC(=O)CCC(=O)c1ccccc1OC(F)(F)C(F)F. The highest BCUT2D eigenvalue weighted by Gasteiger charge is 2.44. The molecule has 0 radical (unpaired) electrons. The molecule has 0 aromatic heterocycles. The molecule has 0 bridgehead atoms. The Morgan fingerprint density at radius 2 is 1.81 bits per heavy atom. The lowest BCUT2D eigenvalue weighted by atomic mass is 10.1. The van der Waals surface area contributed by atoms with Gasteiger partial charge in [-0.2, -0.15) is 17.6 Å². The van der Waals surface area contributed by atoms with Gasteiger partial charge in [0.25, 0.3) is 0 Å². The lowest BCUT2D eigenvalue weighted by Gasteiger charge is -2.18. The van der Waals surface area contributed by atoms with E-state index in [1.807, 2.05) is 0 Å². The molecule has 0 saturated carbocycles. The molecule has 1 aromatic carbocycles. The van der Waals surface area contributed by atoms with Crippen LogP contribution in [0.25, 0.3) is 0 Å². The van der Waals surface area contributed by atoms with Crippen LogP contribution in [0.5, 0.6) is 5.75 Å². The zero-order valence-corrected chi connectivity index (χ0v) is 10.9. The number of hydrogen-bond donors (Lipinski definition) is 0. The summed E-state index contributed by atoms with van der Waals surface area (Å²) in [5.74, 6) is -2.02. The maximum atomic E-state index is 12.9. The first kappa shape index (κ1) is 16.9. The van der Waals surface area contributed by atoms with Gasteiger partial charge >= 0.3 is 18.5 Å². The number of esters is 1. The molecule has 0 saturated heterocycles. The summed E-state index contributed by atoms with van der Waals surface area (Å²) in [7, 11) is 1.13. The number of ketones is 1. The molecule has 0 N–H and O–H groups in total. The molecule has 0 spiro atoms. The van der Waals surface area contributed by atoms with Crippen LogP contribution in [0.3, 0.4) is 0 Å². The second kappa shape index (κ2) is 7.05. The number of Topliss-reactive ketones (excluding diaryl/α,β-unsaturated/α-hetero) is 1. The molecule has 0 fully saturated rings. The van der Waals surface area contributed by atoms with E-state index in [-0.39, 0.29) is 18.4 Å². The van der Waals surface area contributed by atoms with Crippen LogP contribution >= 0.6 is 0 Å². The lowest BCUT2D eigenvalue weighted by molar-refractivity contribution is -0.253. The molecule has 116 valence electrons. The monoisotopic (exact) mass is 308 g/mol. The van der Waals surface area contributed by atoms with Crippen LogP contribution in [0.1, 0.15) is 23.2 Å². The topological polar surface area (TPSA) is 52.6 Å². The van der Waals surface area contributed by atoms with Gasteiger partial charge in [-0.1, -0.05) is 12.1 Å². The van der Waals surface area contributed by atoms with E-state index in [0.29, 0.717) is 0 Å². The molecular formula is C13H12F4O4. The Kier molecular flexibility index (Phi) is 5.69. The van der Waals surface area contributed by atoms with Gasteiger partial charge in [-0.3, -0.25) is 9.59 Å². The Balaban J connectivity index is 2.89. The molecule has 8 heteroatoms. The van der Waals surface area contributed by atoms with Crippen molar-refractivity contribution in [2.75, 3.05) is 7.11 Å². The Morgan fingerprint density at radius 1 is 1.19 bits per heavy atom. The van der Waals surface area contributed by atoms with Crippen molar-refractivity contribution in [2.45, 2.75) is 25.4 Å². The highest BCUT2D eigenvalue weighted by atomic mass is 19.3. The molecule has 21 heavy (non-hydrogen) atoms. The van der Waals surface area contributed by atoms with Crippen LogP contribution < -0.4 is 4.74 Å². The van der Waals surface area contributed by atoms with Crippen molar-refractivity contribution in [1.82, 2.24) is 0 Å². The van der Waals surface area contributed by atoms with Gasteiger partial charge in [0.2, 0.25) is 0 Å². The van der Waals surface area contributed by atoms with Gasteiger partial charge in [0.1, 0.15) is 5.75 Å². The van der Waals surface area contributed by atoms with E-state index in [1.165, 1.54) is 12.1 Å². The number of carbonyl (C=O) groups is 2. The first-order chi connectivity index (χ1) is 9.77. The number of carbonyl (C=O) groups excluding carboxylic acids is 2. The lowest BCUT2D eigenvalue weighted by Crippen LogP contribution is -2.34. The van der Waals surface area contributed by atoms with Crippen LogP contribution in [0, 0.1) is 0 Å². The number of hydrogen-bond acceptors (Lipinski definition) is 4. The molecule has 1 aromatic rings. The number of halogens is 4. The van der Waals surface area contributed by atoms with Crippen LogP contribution in [0.2, 0.25) is 0 Å². The molecular weight excluding hydrogens is 296 g/mol. The van der Waals surface area contributed by atoms with E-state index in [9.17, 15) is 27.2 Å². The van der Waals surface area contributed by atoms with E-state index in [4.69, 9.17) is 0 Å². The van der Waals surface area contributed by atoms with Gasteiger partial charge in [-0.25, -0.2) is 0 Å². The van der Waals surface area contributed by atoms with E-state index in [2.05, 4.69) is 9.47 Å². The summed E-state index contributed by atoms with van der Waals surface area (Å²) in [5.41, 5.74) is -0.304. The summed E-state index contributed by atoms with van der Waals surface area (Å²) in [5, 5.41) is 0. The Hall–Kier alpha value is -2.12. The number of para-hydroxylation sites is 1. The number of benzene rings is 1. The fraction of sp³-hybridized carbons (Fsp3) is 0.385. The molecule has 0 unspecified atom stereocenters. The Morgan fingerprint density at radius 3 is 2.38 bits per heavy atom. The second-order valence-corrected chi connectivity index (χ2v) is 3.96. The van der Waals surface area contributed by atoms with Crippen LogP contribution in [-0.2, 0) is 9.53 Å². The third-order valence-corrected chi connectivity index (χ3v) is 2.47. The predicted molar refractivity (Wildman–Crippen MR) is 63.6 cm³/mol. The van der Waals surface area contributed by atoms with Gasteiger partial charge in [0.15, 0.2) is 5.78 Å². The van der Waals surface area contributed by atoms with Crippen LogP contribution in [-0.4, -0.2) is 31.4 Å². The summed E-state index contributed by atoms with van der Waals surface area (Å²) < 4.78 is 58.3. The molecule has 0 atom stereocenters. The first-order valence-electron chi connectivity index (χ1n) is 5.82. The molecule has 0 heterocycles. The minimum atomic E-state index is -4.71. The van der Waals surface area contributed by atoms with Crippen molar-refractivity contribution in [3.8, 4) is 5.75 Å². The zero-order valence-electron chi connectivity index (χ0n) is 10.9. The number of alkyl halides is 4. The maximum Gasteiger partial charge on any atom is 0.461 e. The molecule has 0 amide bonds. The molecule has 0 aliphatic carbocycles. The van der Waals surface area contributed by atoms with Gasteiger partial charge in [0.05, 0.1) is 19.1 Å². The number of ether oxygens (including phenoxy) is 2. The summed E-state index contributed by atoms with van der Waals surface area (Å²) in [4.78, 5) is 22.7. The van der Waals surface area contributed by atoms with Gasteiger partial charge in [-0.05, 0) is 12.1 Å². The number of rotatable bonds is 7. The summed E-state index contributed by atoms with van der Waals surface area (Å²) in [6, 6.07) is 4.74. The summed E-state index contributed by atoms with van der Waals surface area (Å²) in [6.07, 6.45) is -9.31. The first-order valence-corrected chi connectivity index (χ1v) is 5.82. The Bertz CT molecular complexity index is 517. The maximum absolute atomic E-state index is 12.9. The smallest absolute Gasteiger partial charge is 0.461 e. The minimum absolute atomic E-state index is 0.255. The van der Waals surface area contributed by atoms with Crippen molar-refractivity contribution in [1.29, 1.82) is 0 Å². The van der Waals surface area contributed by atoms with E-state index in [1.54, 1.807) is 0 Å². The normalized spacial score (nSPS) is 11.3. The van der Waals surface area contributed by atoms with Crippen molar-refractivity contribution in [3.63, 3.8) is 0 Å². The number of methoxy groups -OCH3 is 1. The standard InChI is InChI=1S/C13H12F4O4/c1-20-11(19)7-6-9(18)8-4-2-3-5-10(8)21-13(16,17)12(14)15/h2-5,12H,6-7H2,1H3. The largest absolute Gasteiger partial charge is 0.469 e.